The number of aromatic nitrogens is 5. The molecule has 1 saturated heterocycles. The standard InChI is InChI=1S/C30H26N8/c1-19-17-22(11-13-31-19)34-28-10-9-27-30(36-28)37-29(35-27)20-3-5-21(6-4-20)33-26-12-14-32-25-8-7-23(18-24(25)26)38-15-2-16-38/h3-14,17-18H,2,15-16H2,1H3,(H,32,33)(H2,31,34,35,36,37). The largest absolute Gasteiger partial charge is 0.371 e. The number of aryl methyl sites for hydroxylation is 1. The first-order valence-electron chi connectivity index (χ1n) is 12.8. The minimum absolute atomic E-state index is 0.666. The summed E-state index contributed by atoms with van der Waals surface area (Å²) in [4.78, 5) is 24.0. The average molecular weight is 499 g/mol. The van der Waals surface area contributed by atoms with Crippen molar-refractivity contribution in [2.75, 3.05) is 28.6 Å². The van der Waals surface area contributed by atoms with Crippen molar-refractivity contribution in [3.63, 3.8) is 0 Å². The van der Waals surface area contributed by atoms with Crippen molar-refractivity contribution < 1.29 is 0 Å². The lowest BCUT2D eigenvalue weighted by atomic mass is 10.1. The van der Waals surface area contributed by atoms with Crippen LogP contribution in [0.25, 0.3) is 33.5 Å². The molecule has 0 radical (unpaired) electrons. The predicted molar refractivity (Wildman–Crippen MR) is 153 cm³/mol. The van der Waals surface area contributed by atoms with Gasteiger partial charge in [-0.1, -0.05) is 0 Å². The van der Waals surface area contributed by atoms with Crippen LogP contribution >= 0.6 is 0 Å². The number of rotatable bonds is 6. The zero-order valence-corrected chi connectivity index (χ0v) is 20.9. The second-order valence-corrected chi connectivity index (χ2v) is 9.57. The van der Waals surface area contributed by atoms with E-state index in [-0.39, 0.29) is 0 Å². The van der Waals surface area contributed by atoms with Gasteiger partial charge in [0.25, 0.3) is 0 Å². The first-order chi connectivity index (χ1) is 18.7. The molecular formula is C30H26N8. The van der Waals surface area contributed by atoms with E-state index in [0.717, 1.165) is 69.5 Å². The molecule has 0 amide bonds. The van der Waals surface area contributed by atoms with Gasteiger partial charge in [0, 0.05) is 64.9 Å². The van der Waals surface area contributed by atoms with E-state index in [0.29, 0.717) is 5.65 Å². The monoisotopic (exact) mass is 498 g/mol. The molecule has 0 unspecified atom stereocenters. The highest BCUT2D eigenvalue weighted by Gasteiger charge is 2.15. The summed E-state index contributed by atoms with van der Waals surface area (Å²) in [5.74, 6) is 1.52. The Balaban J connectivity index is 1.12. The lowest BCUT2D eigenvalue weighted by molar-refractivity contribution is 0.618. The molecule has 1 aliphatic heterocycles. The van der Waals surface area contributed by atoms with Gasteiger partial charge in [0.15, 0.2) is 5.65 Å². The predicted octanol–water partition coefficient (Wildman–Crippen LogP) is 6.57. The van der Waals surface area contributed by atoms with E-state index in [1.165, 1.54) is 12.1 Å². The lowest BCUT2D eigenvalue weighted by Crippen LogP contribution is -2.36. The van der Waals surface area contributed by atoms with E-state index in [1.54, 1.807) is 6.20 Å². The minimum atomic E-state index is 0.666. The molecule has 0 aliphatic carbocycles. The van der Waals surface area contributed by atoms with Crippen molar-refractivity contribution in [3.8, 4) is 11.4 Å². The fraction of sp³-hybridized carbons (Fsp3) is 0.133. The van der Waals surface area contributed by atoms with Crippen LogP contribution in [-0.2, 0) is 0 Å². The normalized spacial score (nSPS) is 13.0. The Morgan fingerprint density at radius 2 is 1.66 bits per heavy atom. The van der Waals surface area contributed by atoms with Crippen molar-refractivity contribution in [3.05, 3.63) is 90.9 Å². The van der Waals surface area contributed by atoms with Gasteiger partial charge in [-0.15, -0.1) is 0 Å². The number of hydrogen-bond donors (Lipinski definition) is 3. The molecule has 38 heavy (non-hydrogen) atoms. The summed E-state index contributed by atoms with van der Waals surface area (Å²) >= 11 is 0. The molecule has 7 rings (SSSR count). The number of anilines is 5. The third-order valence-corrected chi connectivity index (χ3v) is 6.90. The molecule has 1 fully saturated rings. The van der Waals surface area contributed by atoms with Crippen LogP contribution in [0.5, 0.6) is 0 Å². The number of benzene rings is 2. The second kappa shape index (κ2) is 9.15. The highest BCUT2D eigenvalue weighted by Crippen LogP contribution is 2.31. The molecule has 3 N–H and O–H groups in total. The Morgan fingerprint density at radius 1 is 0.789 bits per heavy atom. The molecule has 8 nitrogen and oxygen atoms in total. The Labute approximate surface area is 219 Å². The molecule has 4 aromatic heterocycles. The van der Waals surface area contributed by atoms with Crippen LogP contribution in [0.15, 0.2) is 85.2 Å². The fourth-order valence-electron chi connectivity index (χ4n) is 4.75. The second-order valence-electron chi connectivity index (χ2n) is 9.57. The number of pyridine rings is 3. The highest BCUT2D eigenvalue weighted by molar-refractivity contribution is 5.95. The average Bonchev–Trinajstić information content (AvgIpc) is 3.32. The molecule has 1 aliphatic rings. The van der Waals surface area contributed by atoms with Crippen molar-refractivity contribution in [1.82, 2.24) is 24.9 Å². The summed E-state index contributed by atoms with van der Waals surface area (Å²) in [7, 11) is 0. The van der Waals surface area contributed by atoms with Gasteiger partial charge in [-0.3, -0.25) is 9.97 Å². The molecule has 0 saturated carbocycles. The number of H-pyrrole nitrogens is 1. The first-order valence-corrected chi connectivity index (χ1v) is 12.8. The van der Waals surface area contributed by atoms with Crippen LogP contribution < -0.4 is 15.5 Å². The number of nitrogens with zero attached hydrogens (tertiary/aromatic N) is 5. The van der Waals surface area contributed by atoms with Crippen LogP contribution in [0.1, 0.15) is 12.1 Å². The smallest absolute Gasteiger partial charge is 0.180 e. The van der Waals surface area contributed by atoms with Crippen LogP contribution in [0.2, 0.25) is 0 Å². The summed E-state index contributed by atoms with van der Waals surface area (Å²) in [6.45, 7) is 4.21. The Morgan fingerprint density at radius 3 is 2.47 bits per heavy atom. The van der Waals surface area contributed by atoms with E-state index in [9.17, 15) is 0 Å². The van der Waals surface area contributed by atoms with Gasteiger partial charge in [0.2, 0.25) is 0 Å². The molecule has 5 heterocycles. The number of hydrogen-bond acceptors (Lipinski definition) is 7. The van der Waals surface area contributed by atoms with Gasteiger partial charge in [-0.25, -0.2) is 9.97 Å². The molecule has 0 spiro atoms. The minimum Gasteiger partial charge on any atom is -0.371 e. The molecule has 8 heteroatoms. The number of fused-ring (bicyclic) bond motifs is 2. The van der Waals surface area contributed by atoms with E-state index in [4.69, 9.17) is 4.98 Å². The summed E-state index contributed by atoms with van der Waals surface area (Å²) < 4.78 is 0. The van der Waals surface area contributed by atoms with Gasteiger partial charge in [0.05, 0.1) is 11.0 Å². The van der Waals surface area contributed by atoms with Crippen LogP contribution in [0.3, 0.4) is 0 Å². The van der Waals surface area contributed by atoms with Crippen molar-refractivity contribution >= 4 is 50.6 Å². The molecule has 6 aromatic rings. The van der Waals surface area contributed by atoms with Crippen molar-refractivity contribution in [2.45, 2.75) is 13.3 Å². The molecular weight excluding hydrogens is 472 g/mol. The zero-order valence-electron chi connectivity index (χ0n) is 20.9. The van der Waals surface area contributed by atoms with Gasteiger partial charge in [0.1, 0.15) is 11.6 Å². The quantitative estimate of drug-likeness (QED) is 0.239. The number of aromatic amines is 1. The van der Waals surface area contributed by atoms with Gasteiger partial charge in [-0.2, -0.15) is 0 Å². The number of nitrogens with one attached hydrogen (secondary N) is 3. The van der Waals surface area contributed by atoms with Gasteiger partial charge >= 0.3 is 0 Å². The van der Waals surface area contributed by atoms with Gasteiger partial charge < -0.3 is 20.5 Å². The van der Waals surface area contributed by atoms with Crippen LogP contribution in [-0.4, -0.2) is 38.0 Å². The van der Waals surface area contributed by atoms with Gasteiger partial charge in [-0.05, 0) is 86.1 Å². The summed E-state index contributed by atoms with van der Waals surface area (Å²) in [5.41, 5.74) is 8.73. The Hall–Kier alpha value is -4.98. The van der Waals surface area contributed by atoms with Crippen molar-refractivity contribution in [1.29, 1.82) is 0 Å². The zero-order chi connectivity index (χ0) is 25.5. The maximum Gasteiger partial charge on any atom is 0.180 e. The van der Waals surface area contributed by atoms with E-state index in [1.807, 2.05) is 43.5 Å². The summed E-state index contributed by atoms with van der Waals surface area (Å²) in [6.07, 6.45) is 4.89. The van der Waals surface area contributed by atoms with Crippen molar-refractivity contribution in [2.24, 2.45) is 0 Å². The molecule has 0 bridgehead atoms. The van der Waals surface area contributed by atoms with Crippen LogP contribution in [0.4, 0.5) is 28.6 Å². The van der Waals surface area contributed by atoms with E-state index < -0.39 is 0 Å². The lowest BCUT2D eigenvalue weighted by Gasteiger charge is -2.33. The molecule has 186 valence electrons. The SMILES string of the molecule is Cc1cc(Nc2ccc3[nH]c(-c4ccc(Nc5ccnc6ccc(N7CCC7)cc56)cc4)nc3n2)ccn1. The highest BCUT2D eigenvalue weighted by atomic mass is 15.2. The third kappa shape index (κ3) is 4.26. The fourth-order valence-corrected chi connectivity index (χ4v) is 4.75. The molecule has 2 aromatic carbocycles. The van der Waals surface area contributed by atoms with E-state index in [2.05, 4.69) is 77.9 Å². The maximum atomic E-state index is 4.74. The third-order valence-electron chi connectivity index (χ3n) is 6.90. The number of imidazole rings is 1. The topological polar surface area (TPSA) is 94.7 Å². The van der Waals surface area contributed by atoms with Crippen LogP contribution in [0, 0.1) is 6.92 Å². The summed E-state index contributed by atoms with van der Waals surface area (Å²) in [6, 6.07) is 24.6. The maximum absolute atomic E-state index is 4.74. The Bertz CT molecular complexity index is 1770. The Kier molecular flexibility index (Phi) is 5.36. The molecule has 0 atom stereocenters. The summed E-state index contributed by atoms with van der Waals surface area (Å²) in [5, 5.41) is 8.02. The van der Waals surface area contributed by atoms with E-state index >= 15 is 0 Å². The first kappa shape index (κ1) is 22.2.